The van der Waals surface area contributed by atoms with Gasteiger partial charge in [0.15, 0.2) is 11.5 Å². The average Bonchev–Trinajstić information content (AvgIpc) is 3.58. The molecule has 0 aliphatic carbocycles. The second kappa shape index (κ2) is 8.38. The molecule has 2 aromatic carbocycles. The highest BCUT2D eigenvalue weighted by molar-refractivity contribution is 6.00. The van der Waals surface area contributed by atoms with Crippen LogP contribution < -0.4 is 14.2 Å². The summed E-state index contributed by atoms with van der Waals surface area (Å²) in [5.41, 5.74) is 3.74. The van der Waals surface area contributed by atoms with E-state index in [1.807, 2.05) is 54.6 Å². The predicted octanol–water partition coefficient (Wildman–Crippen LogP) is 4.44. The number of hydrogen-bond acceptors (Lipinski definition) is 6. The van der Waals surface area contributed by atoms with Crippen LogP contribution in [0, 0.1) is 0 Å². The minimum absolute atomic E-state index is 0.145. The van der Waals surface area contributed by atoms with Gasteiger partial charge in [0.2, 0.25) is 0 Å². The molecule has 0 spiro atoms. The van der Waals surface area contributed by atoms with Crippen LogP contribution >= 0.6 is 0 Å². The Morgan fingerprint density at radius 1 is 1.00 bits per heavy atom. The lowest BCUT2D eigenvalue weighted by molar-refractivity contribution is 0.0716. The van der Waals surface area contributed by atoms with Crippen molar-refractivity contribution in [2.45, 2.75) is 12.6 Å². The number of nitrogens with zero attached hydrogens (tertiary/aromatic N) is 2. The van der Waals surface area contributed by atoms with Crippen LogP contribution in [0.3, 0.4) is 0 Å². The van der Waals surface area contributed by atoms with Gasteiger partial charge in [-0.05, 0) is 54.1 Å². The molecule has 1 atom stereocenters. The van der Waals surface area contributed by atoms with E-state index >= 15 is 0 Å². The van der Waals surface area contributed by atoms with Crippen LogP contribution in [-0.4, -0.2) is 42.3 Å². The minimum Gasteiger partial charge on any atom is -0.497 e. The zero-order valence-corrected chi connectivity index (χ0v) is 18.5. The van der Waals surface area contributed by atoms with Crippen molar-refractivity contribution in [2.24, 2.45) is 0 Å². The van der Waals surface area contributed by atoms with Crippen LogP contribution in [-0.2, 0) is 6.54 Å². The van der Waals surface area contributed by atoms with Crippen LogP contribution in [0.15, 0.2) is 65.3 Å². The number of amides is 1. The number of hydrogen-bond donors (Lipinski definition) is 1. The highest BCUT2D eigenvalue weighted by Gasteiger charge is 2.42. The van der Waals surface area contributed by atoms with Crippen molar-refractivity contribution in [2.75, 3.05) is 21.3 Å². The Labute approximate surface area is 190 Å². The summed E-state index contributed by atoms with van der Waals surface area (Å²) in [6, 6.07) is 16.6. The van der Waals surface area contributed by atoms with Gasteiger partial charge in [0, 0.05) is 11.1 Å². The number of carbonyl (C=O) groups excluding carboxylic acids is 1. The molecule has 168 valence electrons. The Morgan fingerprint density at radius 3 is 2.45 bits per heavy atom. The van der Waals surface area contributed by atoms with Crippen molar-refractivity contribution in [1.82, 2.24) is 15.1 Å². The molecule has 0 saturated carbocycles. The quantitative estimate of drug-likeness (QED) is 0.452. The van der Waals surface area contributed by atoms with Gasteiger partial charge in [-0.1, -0.05) is 6.07 Å². The molecule has 5 rings (SSSR count). The fourth-order valence-electron chi connectivity index (χ4n) is 4.27. The molecule has 0 bridgehead atoms. The minimum atomic E-state index is -0.395. The largest absolute Gasteiger partial charge is 0.497 e. The van der Waals surface area contributed by atoms with Gasteiger partial charge < -0.3 is 23.5 Å². The molecule has 3 heterocycles. The Hall–Kier alpha value is -4.20. The zero-order chi connectivity index (χ0) is 22.9. The second-order valence-corrected chi connectivity index (χ2v) is 7.62. The number of nitrogens with one attached hydrogen (secondary N) is 1. The number of methoxy groups -OCH3 is 3. The summed E-state index contributed by atoms with van der Waals surface area (Å²) < 4.78 is 21.8. The van der Waals surface area contributed by atoms with Crippen molar-refractivity contribution in [3.8, 4) is 28.5 Å². The van der Waals surface area contributed by atoms with Crippen molar-refractivity contribution < 1.29 is 23.4 Å². The molecule has 33 heavy (non-hydrogen) atoms. The lowest BCUT2D eigenvalue weighted by atomic mass is 9.95. The van der Waals surface area contributed by atoms with Crippen molar-refractivity contribution >= 4 is 5.91 Å². The normalized spacial score (nSPS) is 14.9. The van der Waals surface area contributed by atoms with E-state index in [2.05, 4.69) is 10.2 Å². The summed E-state index contributed by atoms with van der Waals surface area (Å²) >= 11 is 0. The first-order valence-electron chi connectivity index (χ1n) is 10.4. The van der Waals surface area contributed by atoms with E-state index in [1.54, 1.807) is 32.5 Å². The summed E-state index contributed by atoms with van der Waals surface area (Å²) in [6.07, 6.45) is 1.60. The molecule has 1 aliphatic heterocycles. The van der Waals surface area contributed by atoms with Gasteiger partial charge >= 0.3 is 0 Å². The van der Waals surface area contributed by atoms with Gasteiger partial charge in [0.05, 0.1) is 45.9 Å². The maximum atomic E-state index is 13.5. The van der Waals surface area contributed by atoms with E-state index in [1.165, 1.54) is 0 Å². The number of ether oxygens (including phenoxy) is 3. The van der Waals surface area contributed by atoms with Crippen molar-refractivity contribution in [3.63, 3.8) is 0 Å². The van der Waals surface area contributed by atoms with Gasteiger partial charge in [-0.15, -0.1) is 0 Å². The number of benzene rings is 2. The third-order valence-electron chi connectivity index (χ3n) is 5.86. The van der Waals surface area contributed by atoms with E-state index < -0.39 is 6.04 Å². The maximum absolute atomic E-state index is 13.5. The summed E-state index contributed by atoms with van der Waals surface area (Å²) in [5, 5.41) is 7.47. The third kappa shape index (κ3) is 3.49. The van der Waals surface area contributed by atoms with Gasteiger partial charge in [0.1, 0.15) is 17.2 Å². The van der Waals surface area contributed by atoms with Crippen molar-refractivity contribution in [3.05, 3.63) is 83.4 Å². The lowest BCUT2D eigenvalue weighted by Crippen LogP contribution is -2.29. The van der Waals surface area contributed by atoms with E-state index in [0.717, 1.165) is 22.4 Å². The monoisotopic (exact) mass is 445 g/mol. The molecule has 1 unspecified atom stereocenters. The first-order chi connectivity index (χ1) is 16.1. The van der Waals surface area contributed by atoms with Crippen molar-refractivity contribution in [1.29, 1.82) is 0 Å². The molecule has 4 aromatic rings. The van der Waals surface area contributed by atoms with E-state index in [0.29, 0.717) is 35.2 Å². The van der Waals surface area contributed by atoms with Crippen LogP contribution in [0.2, 0.25) is 0 Å². The molecule has 0 fully saturated rings. The molecule has 1 N–H and O–H groups in total. The fraction of sp³-hybridized carbons (Fsp3) is 0.200. The number of aromatic nitrogens is 2. The zero-order valence-electron chi connectivity index (χ0n) is 18.5. The Kier molecular flexibility index (Phi) is 5.26. The highest BCUT2D eigenvalue weighted by Crippen LogP contribution is 2.45. The number of rotatable bonds is 7. The van der Waals surface area contributed by atoms with Crippen LogP contribution in [0.5, 0.6) is 17.2 Å². The molecule has 1 amide bonds. The SMILES string of the molecule is COc1ccc(-c2n[nH]c3c2C(c2ccc(OC)c(OC)c2)N(Cc2ccco2)C3=O)cc1. The standard InChI is InChI=1S/C25H23N3O5/c1-30-17-9-6-15(7-10-17)22-21-23(27-26-22)25(29)28(14-18-5-4-12-33-18)24(21)16-8-11-19(31-2)20(13-16)32-3/h4-13,24H,14H2,1-3H3,(H,26,27). The molecular weight excluding hydrogens is 422 g/mol. The maximum Gasteiger partial charge on any atom is 0.273 e. The predicted molar refractivity (Wildman–Crippen MR) is 121 cm³/mol. The van der Waals surface area contributed by atoms with E-state index in [-0.39, 0.29) is 5.91 Å². The molecular formula is C25H23N3O5. The molecule has 0 radical (unpaired) electrons. The topological polar surface area (TPSA) is 89.8 Å². The number of fused-ring (bicyclic) bond motifs is 1. The summed E-state index contributed by atoms with van der Waals surface area (Å²) in [6.45, 7) is 0.315. The number of furan rings is 1. The number of H-pyrrole nitrogens is 1. The van der Waals surface area contributed by atoms with Gasteiger partial charge in [-0.2, -0.15) is 5.10 Å². The second-order valence-electron chi connectivity index (χ2n) is 7.62. The molecule has 8 heteroatoms. The summed E-state index contributed by atoms with van der Waals surface area (Å²) in [4.78, 5) is 15.2. The Balaban J connectivity index is 1.65. The molecule has 0 saturated heterocycles. The van der Waals surface area contributed by atoms with E-state index in [9.17, 15) is 4.79 Å². The molecule has 1 aliphatic rings. The molecule has 2 aromatic heterocycles. The van der Waals surface area contributed by atoms with Gasteiger partial charge in [-0.25, -0.2) is 0 Å². The highest BCUT2D eigenvalue weighted by atomic mass is 16.5. The fourth-order valence-corrected chi connectivity index (χ4v) is 4.27. The average molecular weight is 445 g/mol. The Morgan fingerprint density at radius 2 is 1.79 bits per heavy atom. The van der Waals surface area contributed by atoms with Gasteiger partial charge in [-0.3, -0.25) is 9.89 Å². The molecule has 8 nitrogen and oxygen atoms in total. The summed E-state index contributed by atoms with van der Waals surface area (Å²) in [5.74, 6) is 2.50. The van der Waals surface area contributed by atoms with Crippen LogP contribution in [0.4, 0.5) is 0 Å². The lowest BCUT2D eigenvalue weighted by Gasteiger charge is -2.26. The first kappa shape index (κ1) is 20.7. The number of aromatic amines is 1. The first-order valence-corrected chi connectivity index (χ1v) is 10.4. The van der Waals surface area contributed by atoms with Crippen LogP contribution in [0.25, 0.3) is 11.3 Å². The van der Waals surface area contributed by atoms with Crippen LogP contribution in [0.1, 0.15) is 33.4 Å². The summed E-state index contributed by atoms with van der Waals surface area (Å²) in [7, 11) is 4.81. The van der Waals surface area contributed by atoms with E-state index in [4.69, 9.17) is 18.6 Å². The number of carbonyl (C=O) groups is 1. The van der Waals surface area contributed by atoms with Gasteiger partial charge in [0.25, 0.3) is 5.91 Å². The third-order valence-corrected chi connectivity index (χ3v) is 5.86. The Bertz CT molecular complexity index is 1280. The smallest absolute Gasteiger partial charge is 0.273 e.